The van der Waals surface area contributed by atoms with Crippen molar-refractivity contribution in [2.75, 3.05) is 11.4 Å². The van der Waals surface area contributed by atoms with Gasteiger partial charge in [-0.05, 0) is 51.8 Å². The van der Waals surface area contributed by atoms with Gasteiger partial charge in [0.2, 0.25) is 0 Å². The van der Waals surface area contributed by atoms with E-state index in [0.29, 0.717) is 19.4 Å². The highest BCUT2D eigenvalue weighted by atomic mass is 16.6. The van der Waals surface area contributed by atoms with Gasteiger partial charge in [0.25, 0.3) is 5.91 Å². The van der Waals surface area contributed by atoms with Crippen molar-refractivity contribution in [1.29, 1.82) is 0 Å². The molecule has 1 atom stereocenters. The van der Waals surface area contributed by atoms with E-state index in [1.165, 1.54) is 24.3 Å². The van der Waals surface area contributed by atoms with Crippen LogP contribution in [0.1, 0.15) is 44.0 Å². The Balaban J connectivity index is 1.90. The van der Waals surface area contributed by atoms with Crippen molar-refractivity contribution in [2.45, 2.75) is 45.3 Å². The Bertz CT molecular complexity index is 756. The highest BCUT2D eigenvalue weighted by molar-refractivity contribution is 6.21. The number of nitrogens with zero attached hydrogens (tertiary/aromatic N) is 1. The van der Waals surface area contributed by atoms with Gasteiger partial charge in [-0.1, -0.05) is 6.07 Å². The predicted octanol–water partition coefficient (Wildman–Crippen LogP) is 2.11. The Labute approximate surface area is 156 Å². The maximum atomic E-state index is 12.5. The molecule has 9 nitrogen and oxygen atoms in total. The molecule has 1 aliphatic rings. The number of aromatic carboxylic acids is 1. The first-order chi connectivity index (χ1) is 12.6. The maximum absolute atomic E-state index is 12.5. The van der Waals surface area contributed by atoms with E-state index in [1.54, 1.807) is 20.8 Å². The van der Waals surface area contributed by atoms with E-state index in [0.717, 1.165) is 4.90 Å². The summed E-state index contributed by atoms with van der Waals surface area (Å²) in [5, 5.41) is 14.2. The van der Waals surface area contributed by atoms with E-state index in [2.05, 4.69) is 10.6 Å². The van der Waals surface area contributed by atoms with Gasteiger partial charge in [0.1, 0.15) is 11.6 Å². The number of alkyl carbamates (subject to hydrolysis) is 1. The fraction of sp³-hybridized carbons (Fsp3) is 0.444. The second-order valence-electron chi connectivity index (χ2n) is 7.10. The number of carboxylic acids is 1. The van der Waals surface area contributed by atoms with E-state index in [1.807, 2.05) is 0 Å². The van der Waals surface area contributed by atoms with Crippen LogP contribution in [0.3, 0.4) is 0 Å². The molecule has 1 fully saturated rings. The van der Waals surface area contributed by atoms with Crippen LogP contribution in [-0.2, 0) is 9.53 Å². The lowest BCUT2D eigenvalue weighted by Crippen LogP contribution is -2.34. The molecule has 27 heavy (non-hydrogen) atoms. The van der Waals surface area contributed by atoms with Crippen molar-refractivity contribution >= 4 is 29.7 Å². The molecule has 0 radical (unpaired) electrons. The van der Waals surface area contributed by atoms with Gasteiger partial charge >= 0.3 is 18.1 Å². The third-order valence-corrected chi connectivity index (χ3v) is 3.71. The second kappa shape index (κ2) is 8.07. The topological polar surface area (TPSA) is 125 Å². The number of anilines is 1. The molecule has 4 amide bonds. The molecule has 0 aliphatic carbocycles. The smallest absolute Gasteiger partial charge is 0.407 e. The number of benzene rings is 1. The van der Waals surface area contributed by atoms with E-state index in [-0.39, 0.29) is 11.3 Å². The number of amides is 4. The number of carbonyl (C=O) groups excluding carboxylic acids is 3. The first kappa shape index (κ1) is 20.2. The summed E-state index contributed by atoms with van der Waals surface area (Å²) in [6.07, 6.45) is 0.241. The minimum atomic E-state index is -1.14. The average molecular weight is 377 g/mol. The summed E-state index contributed by atoms with van der Waals surface area (Å²) in [6, 6.07) is 4.28. The standard InChI is InChI=1S/C18H23N3O6/c1-18(2,3)27-17(26)19-9-5-8-13-14(22)21(16(25)20-13)12-7-4-6-11(10-12)15(23)24/h4,6-7,10,13H,5,8-9H2,1-3H3,(H,19,26)(H,20,25)(H,23,24). The highest BCUT2D eigenvalue weighted by Gasteiger charge is 2.38. The summed E-state index contributed by atoms with van der Waals surface area (Å²) in [7, 11) is 0. The predicted molar refractivity (Wildman–Crippen MR) is 96.7 cm³/mol. The third-order valence-electron chi connectivity index (χ3n) is 3.71. The Morgan fingerprint density at radius 3 is 2.63 bits per heavy atom. The summed E-state index contributed by atoms with van der Waals surface area (Å²) in [5.74, 6) is -1.60. The summed E-state index contributed by atoms with van der Waals surface area (Å²) in [4.78, 5) is 48.2. The number of nitrogens with one attached hydrogen (secondary N) is 2. The molecule has 146 valence electrons. The van der Waals surface area contributed by atoms with Gasteiger partial charge in [-0.15, -0.1) is 0 Å². The third kappa shape index (κ3) is 5.44. The average Bonchev–Trinajstić information content (AvgIpc) is 2.84. The molecule has 1 unspecified atom stereocenters. The minimum Gasteiger partial charge on any atom is -0.478 e. The number of urea groups is 1. The summed E-state index contributed by atoms with van der Waals surface area (Å²) in [5.41, 5.74) is -0.408. The Morgan fingerprint density at radius 2 is 2.00 bits per heavy atom. The number of carbonyl (C=O) groups is 4. The van der Waals surface area contributed by atoms with Gasteiger partial charge in [0.15, 0.2) is 0 Å². The quantitative estimate of drug-likeness (QED) is 0.515. The number of rotatable bonds is 6. The van der Waals surface area contributed by atoms with Crippen molar-refractivity contribution in [1.82, 2.24) is 10.6 Å². The van der Waals surface area contributed by atoms with E-state index >= 15 is 0 Å². The van der Waals surface area contributed by atoms with Crippen molar-refractivity contribution in [2.24, 2.45) is 0 Å². The molecule has 0 saturated carbocycles. The van der Waals surface area contributed by atoms with Gasteiger partial charge in [-0.25, -0.2) is 19.3 Å². The molecule has 3 N–H and O–H groups in total. The van der Waals surface area contributed by atoms with Crippen LogP contribution in [0.25, 0.3) is 0 Å². The fourth-order valence-corrected chi connectivity index (χ4v) is 2.56. The molecule has 9 heteroatoms. The van der Waals surface area contributed by atoms with Gasteiger partial charge in [-0.3, -0.25) is 4.79 Å². The first-order valence-corrected chi connectivity index (χ1v) is 8.53. The first-order valence-electron chi connectivity index (χ1n) is 8.53. The normalized spacial score (nSPS) is 16.9. The summed E-state index contributed by atoms with van der Waals surface area (Å²) >= 11 is 0. The molecule has 2 rings (SSSR count). The van der Waals surface area contributed by atoms with Crippen molar-refractivity contribution in [3.63, 3.8) is 0 Å². The lowest BCUT2D eigenvalue weighted by molar-refractivity contribution is -0.118. The van der Waals surface area contributed by atoms with Crippen molar-refractivity contribution in [3.05, 3.63) is 29.8 Å². The minimum absolute atomic E-state index is 0.0156. The van der Waals surface area contributed by atoms with Crippen LogP contribution in [-0.4, -0.2) is 47.3 Å². The van der Waals surface area contributed by atoms with Crippen LogP contribution < -0.4 is 15.5 Å². The van der Waals surface area contributed by atoms with Crippen molar-refractivity contribution < 1.29 is 29.0 Å². The molecule has 1 heterocycles. The molecule has 0 spiro atoms. The Hall–Kier alpha value is -3.10. The Kier molecular flexibility index (Phi) is 6.04. The molecule has 0 aromatic heterocycles. The second-order valence-corrected chi connectivity index (χ2v) is 7.10. The molecular formula is C18H23N3O6. The van der Waals surface area contributed by atoms with Gasteiger partial charge in [-0.2, -0.15) is 0 Å². The summed E-state index contributed by atoms with van der Waals surface area (Å²) < 4.78 is 5.11. The van der Waals surface area contributed by atoms with Crippen LogP contribution in [0, 0.1) is 0 Å². The number of imide groups is 1. The van der Waals surface area contributed by atoms with Gasteiger partial charge in [0, 0.05) is 6.54 Å². The lowest BCUT2D eigenvalue weighted by Gasteiger charge is -2.19. The van der Waals surface area contributed by atoms with Crippen LogP contribution in [0.15, 0.2) is 24.3 Å². The zero-order valence-corrected chi connectivity index (χ0v) is 15.4. The molecule has 1 aromatic rings. The Morgan fingerprint density at radius 1 is 1.30 bits per heavy atom. The van der Waals surface area contributed by atoms with E-state index in [9.17, 15) is 19.2 Å². The van der Waals surface area contributed by atoms with E-state index in [4.69, 9.17) is 9.84 Å². The SMILES string of the molecule is CC(C)(C)OC(=O)NCCCC1NC(=O)N(c2cccc(C(=O)O)c2)C1=O. The lowest BCUT2D eigenvalue weighted by atomic mass is 10.1. The van der Waals surface area contributed by atoms with Gasteiger partial charge in [0.05, 0.1) is 11.3 Å². The van der Waals surface area contributed by atoms with Crippen LogP contribution in [0.4, 0.5) is 15.3 Å². The summed E-state index contributed by atoms with van der Waals surface area (Å²) in [6.45, 7) is 5.57. The molecule has 1 aliphatic heterocycles. The fourth-order valence-electron chi connectivity index (χ4n) is 2.56. The number of hydrogen-bond acceptors (Lipinski definition) is 5. The zero-order chi connectivity index (χ0) is 20.2. The number of ether oxygens (including phenoxy) is 1. The maximum Gasteiger partial charge on any atom is 0.407 e. The number of hydrogen-bond donors (Lipinski definition) is 3. The molecule has 1 aromatic carbocycles. The molecule has 1 saturated heterocycles. The zero-order valence-electron chi connectivity index (χ0n) is 15.4. The van der Waals surface area contributed by atoms with Crippen LogP contribution >= 0.6 is 0 Å². The molecule has 0 bridgehead atoms. The van der Waals surface area contributed by atoms with Crippen LogP contribution in [0.2, 0.25) is 0 Å². The monoisotopic (exact) mass is 377 g/mol. The van der Waals surface area contributed by atoms with Gasteiger partial charge < -0.3 is 20.5 Å². The molecular weight excluding hydrogens is 354 g/mol. The number of carboxylic acid groups (broad SMARTS) is 1. The van der Waals surface area contributed by atoms with Crippen LogP contribution in [0.5, 0.6) is 0 Å². The van der Waals surface area contributed by atoms with Crippen molar-refractivity contribution in [3.8, 4) is 0 Å². The largest absolute Gasteiger partial charge is 0.478 e. The van der Waals surface area contributed by atoms with E-state index < -0.39 is 35.6 Å². The highest BCUT2D eigenvalue weighted by Crippen LogP contribution is 2.22.